The minimum absolute atomic E-state index is 0. The van der Waals surface area contributed by atoms with E-state index in [9.17, 15) is 0 Å². The summed E-state index contributed by atoms with van der Waals surface area (Å²) in [6, 6.07) is 0. The van der Waals surface area contributed by atoms with E-state index in [-0.39, 0.29) is 51.8 Å². The molecule has 0 aliphatic heterocycles. The molecule has 0 aromatic carbocycles. The summed E-state index contributed by atoms with van der Waals surface area (Å²) in [5.41, 5.74) is 0. The SMILES string of the molecule is CC(C)O.CC(C)O.CC(C)O.CCOC(C)OCC.O.[Ti]. The average molecular weight is 364 g/mol. The molecule has 0 bridgehead atoms. The van der Waals surface area contributed by atoms with Crippen LogP contribution in [-0.4, -0.2) is 58.6 Å². The molecule has 0 aromatic heterocycles. The van der Waals surface area contributed by atoms with Crippen molar-refractivity contribution >= 4 is 0 Å². The summed E-state index contributed by atoms with van der Waals surface area (Å²) >= 11 is 0. The Morgan fingerprint density at radius 1 is 0.636 bits per heavy atom. The van der Waals surface area contributed by atoms with Gasteiger partial charge in [0.15, 0.2) is 6.29 Å². The fourth-order valence-electron chi connectivity index (χ4n) is 0.518. The van der Waals surface area contributed by atoms with Gasteiger partial charge in [-0.25, -0.2) is 0 Å². The van der Waals surface area contributed by atoms with Gasteiger partial charge in [-0.05, 0) is 62.3 Å². The van der Waals surface area contributed by atoms with Crippen LogP contribution in [0, 0.1) is 0 Å². The van der Waals surface area contributed by atoms with Gasteiger partial charge in [-0.2, -0.15) is 0 Å². The van der Waals surface area contributed by atoms with Gasteiger partial charge < -0.3 is 30.3 Å². The monoisotopic (exact) mass is 364 g/mol. The summed E-state index contributed by atoms with van der Waals surface area (Å²) in [6.07, 6.45) is -0.537. The van der Waals surface area contributed by atoms with Gasteiger partial charge in [-0.15, -0.1) is 0 Å². The third kappa shape index (κ3) is 185. The zero-order valence-electron chi connectivity index (χ0n) is 15.9. The molecule has 0 saturated heterocycles. The van der Waals surface area contributed by atoms with E-state index in [0.29, 0.717) is 0 Å². The van der Waals surface area contributed by atoms with Crippen LogP contribution in [0.25, 0.3) is 0 Å². The molecule has 5 N–H and O–H groups in total. The van der Waals surface area contributed by atoms with Gasteiger partial charge in [0.1, 0.15) is 0 Å². The van der Waals surface area contributed by atoms with Crippen LogP contribution in [0.4, 0.5) is 0 Å². The van der Waals surface area contributed by atoms with Crippen molar-refractivity contribution in [3.05, 3.63) is 0 Å². The van der Waals surface area contributed by atoms with Crippen LogP contribution in [0.2, 0.25) is 0 Å². The molecule has 0 fully saturated rings. The molecular weight excluding hydrogens is 324 g/mol. The van der Waals surface area contributed by atoms with Crippen molar-refractivity contribution in [2.75, 3.05) is 13.2 Å². The summed E-state index contributed by atoms with van der Waals surface area (Å²) in [4.78, 5) is 0. The molecule has 0 atom stereocenters. The Labute approximate surface area is 152 Å². The van der Waals surface area contributed by atoms with Crippen LogP contribution in [0.1, 0.15) is 62.3 Å². The van der Waals surface area contributed by atoms with Crippen LogP contribution in [0.3, 0.4) is 0 Å². The van der Waals surface area contributed by atoms with Crippen molar-refractivity contribution in [2.45, 2.75) is 86.9 Å². The van der Waals surface area contributed by atoms with Crippen molar-refractivity contribution in [1.29, 1.82) is 0 Å². The van der Waals surface area contributed by atoms with Crippen LogP contribution < -0.4 is 0 Å². The summed E-state index contributed by atoms with van der Waals surface area (Å²) in [7, 11) is 0. The average Bonchev–Trinajstić information content (AvgIpc) is 2.15. The topological polar surface area (TPSA) is 111 Å². The maximum Gasteiger partial charge on any atom is 0.154 e. The normalized spacial score (nSPS) is 8.73. The van der Waals surface area contributed by atoms with Crippen molar-refractivity contribution in [3.8, 4) is 0 Å². The molecule has 0 unspecified atom stereocenters. The Morgan fingerprint density at radius 2 is 0.773 bits per heavy atom. The molecule has 0 spiro atoms. The standard InChI is InChI=1S/C6H14O2.3C3H8O.H2O.Ti/c1-4-7-6(3)8-5-2;3*1-3(2)4;;/h6H,4-5H2,1-3H3;3*3-4H,1-2H3;1H2;. The first-order valence-electron chi connectivity index (χ1n) is 7.28. The zero-order valence-corrected chi connectivity index (χ0v) is 17.4. The van der Waals surface area contributed by atoms with Crippen molar-refractivity contribution < 1.29 is 52.0 Å². The number of aliphatic hydroxyl groups excluding tert-OH is 3. The Kier molecular flexibility index (Phi) is 57.6. The fraction of sp³-hybridized carbons (Fsp3) is 1.00. The minimum Gasteiger partial charge on any atom is -0.412 e. The second kappa shape index (κ2) is 33.2. The van der Waals surface area contributed by atoms with Crippen LogP contribution >= 0.6 is 0 Å². The van der Waals surface area contributed by atoms with E-state index in [1.54, 1.807) is 41.5 Å². The summed E-state index contributed by atoms with van der Waals surface area (Å²) in [5, 5.41) is 24.2. The molecule has 6 nitrogen and oxygen atoms in total. The number of aliphatic hydroxyl groups is 3. The van der Waals surface area contributed by atoms with Gasteiger partial charge >= 0.3 is 0 Å². The maximum atomic E-state index is 8.06. The van der Waals surface area contributed by atoms with Gasteiger partial charge in [-0.3, -0.25) is 0 Å². The third-order valence-electron chi connectivity index (χ3n) is 0.803. The second-order valence-corrected chi connectivity index (χ2v) is 4.76. The summed E-state index contributed by atoms with van der Waals surface area (Å²) < 4.78 is 10.1. The van der Waals surface area contributed by atoms with E-state index >= 15 is 0 Å². The molecule has 0 amide bonds. The van der Waals surface area contributed by atoms with Crippen molar-refractivity contribution in [3.63, 3.8) is 0 Å². The first-order valence-corrected chi connectivity index (χ1v) is 7.28. The molecule has 0 aromatic rings. The molecule has 0 rings (SSSR count). The van der Waals surface area contributed by atoms with Crippen LogP contribution in [0.15, 0.2) is 0 Å². The first-order chi connectivity index (χ1) is 9.00. The van der Waals surface area contributed by atoms with Crippen molar-refractivity contribution in [1.82, 2.24) is 0 Å². The predicted molar refractivity (Wildman–Crippen MR) is 88.4 cm³/mol. The number of hydrogen-bond donors (Lipinski definition) is 3. The first kappa shape index (κ1) is 38.2. The Morgan fingerprint density at radius 3 is 0.864 bits per heavy atom. The van der Waals surface area contributed by atoms with E-state index < -0.39 is 0 Å². The van der Waals surface area contributed by atoms with E-state index in [2.05, 4.69) is 0 Å². The smallest absolute Gasteiger partial charge is 0.154 e. The van der Waals surface area contributed by atoms with E-state index in [1.807, 2.05) is 20.8 Å². The van der Waals surface area contributed by atoms with Gasteiger partial charge in [0.25, 0.3) is 0 Å². The van der Waals surface area contributed by atoms with Gasteiger partial charge in [0.2, 0.25) is 0 Å². The molecule has 0 heterocycles. The van der Waals surface area contributed by atoms with E-state index in [4.69, 9.17) is 24.8 Å². The van der Waals surface area contributed by atoms with Crippen molar-refractivity contribution in [2.24, 2.45) is 0 Å². The molecule has 140 valence electrons. The molecule has 22 heavy (non-hydrogen) atoms. The Hall–Kier alpha value is 0.474. The third-order valence-corrected chi connectivity index (χ3v) is 0.803. The second-order valence-electron chi connectivity index (χ2n) is 4.76. The van der Waals surface area contributed by atoms with E-state index in [0.717, 1.165) is 13.2 Å². The predicted octanol–water partition coefficient (Wildman–Crippen LogP) is 1.74. The molecule has 7 heteroatoms. The van der Waals surface area contributed by atoms with Gasteiger partial charge in [0, 0.05) is 53.2 Å². The van der Waals surface area contributed by atoms with Crippen LogP contribution in [-0.2, 0) is 31.2 Å². The molecule has 0 aliphatic carbocycles. The molecular formula is C15H40O6Ti. The van der Waals surface area contributed by atoms with Crippen LogP contribution in [0.5, 0.6) is 0 Å². The molecule has 0 aliphatic rings. The Balaban J connectivity index is -0.0000000400. The number of ether oxygens (including phenoxy) is 2. The quantitative estimate of drug-likeness (QED) is 0.520. The summed E-state index contributed by atoms with van der Waals surface area (Å²) in [5.74, 6) is 0. The largest absolute Gasteiger partial charge is 0.412 e. The zero-order chi connectivity index (χ0) is 17.1. The fourth-order valence-corrected chi connectivity index (χ4v) is 0.518. The summed E-state index contributed by atoms with van der Waals surface area (Å²) in [6.45, 7) is 17.6. The number of rotatable bonds is 4. The maximum absolute atomic E-state index is 8.06. The van der Waals surface area contributed by atoms with Gasteiger partial charge in [0.05, 0.1) is 0 Å². The van der Waals surface area contributed by atoms with E-state index in [1.165, 1.54) is 0 Å². The Bertz CT molecular complexity index is 117. The minimum atomic E-state index is -0.167. The number of hydrogen-bond acceptors (Lipinski definition) is 5. The molecule has 0 radical (unpaired) electrons. The molecule has 0 saturated carbocycles. The van der Waals surface area contributed by atoms with Gasteiger partial charge in [-0.1, -0.05) is 0 Å².